The first-order chi connectivity index (χ1) is 6.92. The van der Waals surface area contributed by atoms with Crippen LogP contribution in [0.5, 0.6) is 0 Å². The van der Waals surface area contributed by atoms with E-state index in [4.69, 9.17) is 0 Å². The van der Waals surface area contributed by atoms with E-state index in [-0.39, 0.29) is 11.8 Å². The minimum atomic E-state index is -0.521. The number of carbonyl (C=O) groups excluding carboxylic acids is 1. The molecule has 1 aliphatic heterocycles. The first kappa shape index (κ1) is 14.6. The molecule has 1 saturated heterocycles. The Hall–Kier alpha value is -0.410. The molecule has 1 rings (SSSR count). The second kappa shape index (κ2) is 6.23. The van der Waals surface area contributed by atoms with Crippen LogP contribution in [0.2, 0.25) is 0 Å². The SMILES string of the molecule is CC.CC(=O)C(C)N1CCC(C)(O)CC1. The summed E-state index contributed by atoms with van der Waals surface area (Å²) in [4.78, 5) is 13.2. The van der Waals surface area contributed by atoms with Crippen LogP contribution in [0, 0.1) is 0 Å². The summed E-state index contributed by atoms with van der Waals surface area (Å²) < 4.78 is 0. The van der Waals surface area contributed by atoms with Crippen LogP contribution in [-0.4, -0.2) is 40.5 Å². The van der Waals surface area contributed by atoms with Gasteiger partial charge in [-0.2, -0.15) is 0 Å². The number of piperidine rings is 1. The van der Waals surface area contributed by atoms with E-state index in [1.807, 2.05) is 27.7 Å². The number of likely N-dealkylation sites (tertiary alicyclic amines) is 1. The second-order valence-corrected chi connectivity index (χ2v) is 4.32. The van der Waals surface area contributed by atoms with Crippen LogP contribution < -0.4 is 0 Å². The van der Waals surface area contributed by atoms with Gasteiger partial charge in [0.2, 0.25) is 0 Å². The van der Waals surface area contributed by atoms with Crippen molar-refractivity contribution in [2.75, 3.05) is 13.1 Å². The van der Waals surface area contributed by atoms with Crippen molar-refractivity contribution in [3.8, 4) is 0 Å². The van der Waals surface area contributed by atoms with Crippen LogP contribution in [0.4, 0.5) is 0 Å². The fraction of sp³-hybridized carbons (Fsp3) is 0.917. The Bertz CT molecular complexity index is 192. The second-order valence-electron chi connectivity index (χ2n) is 4.32. The van der Waals surface area contributed by atoms with Crippen molar-refractivity contribution in [2.45, 2.75) is 59.1 Å². The number of hydrogen-bond donors (Lipinski definition) is 1. The van der Waals surface area contributed by atoms with Gasteiger partial charge in [-0.05, 0) is 33.6 Å². The predicted molar refractivity (Wildman–Crippen MR) is 62.9 cm³/mol. The van der Waals surface area contributed by atoms with Gasteiger partial charge in [0.05, 0.1) is 11.6 Å². The molecule has 0 amide bonds. The third kappa shape index (κ3) is 4.76. The number of nitrogens with zero attached hydrogens (tertiary/aromatic N) is 1. The highest BCUT2D eigenvalue weighted by Crippen LogP contribution is 2.22. The molecule has 0 bridgehead atoms. The molecule has 0 aromatic carbocycles. The van der Waals surface area contributed by atoms with Crippen molar-refractivity contribution in [1.82, 2.24) is 4.90 Å². The van der Waals surface area contributed by atoms with E-state index in [9.17, 15) is 9.90 Å². The van der Waals surface area contributed by atoms with E-state index in [1.54, 1.807) is 6.92 Å². The van der Waals surface area contributed by atoms with Gasteiger partial charge in [0.25, 0.3) is 0 Å². The van der Waals surface area contributed by atoms with E-state index < -0.39 is 5.60 Å². The van der Waals surface area contributed by atoms with Crippen LogP contribution >= 0.6 is 0 Å². The standard InChI is InChI=1S/C10H19NO2.C2H6/c1-8(9(2)12)11-6-4-10(3,13)5-7-11;1-2/h8,13H,4-7H2,1-3H3;1-2H3. The molecule has 0 aromatic rings. The molecule has 0 saturated carbocycles. The van der Waals surface area contributed by atoms with Crippen LogP contribution in [0.25, 0.3) is 0 Å². The van der Waals surface area contributed by atoms with Crippen LogP contribution in [0.1, 0.15) is 47.5 Å². The molecule has 3 heteroatoms. The minimum Gasteiger partial charge on any atom is -0.390 e. The zero-order chi connectivity index (χ0) is 12.1. The topological polar surface area (TPSA) is 40.5 Å². The van der Waals surface area contributed by atoms with Gasteiger partial charge in [0, 0.05) is 13.1 Å². The molecular formula is C12H25NO2. The molecule has 1 fully saturated rings. The monoisotopic (exact) mass is 215 g/mol. The molecule has 15 heavy (non-hydrogen) atoms. The minimum absolute atomic E-state index is 0.0103. The Labute approximate surface area is 93.5 Å². The number of ketones is 1. The van der Waals surface area contributed by atoms with Gasteiger partial charge in [-0.25, -0.2) is 0 Å². The zero-order valence-corrected chi connectivity index (χ0v) is 10.7. The number of Topliss-reactive ketones (excluding diaryl/α,β-unsaturated/α-hetero) is 1. The summed E-state index contributed by atoms with van der Waals surface area (Å²) in [7, 11) is 0. The lowest BCUT2D eigenvalue weighted by atomic mass is 9.93. The molecule has 0 aliphatic carbocycles. The lowest BCUT2D eigenvalue weighted by Crippen LogP contribution is -2.48. The zero-order valence-electron chi connectivity index (χ0n) is 10.7. The number of carbonyl (C=O) groups is 1. The fourth-order valence-electron chi connectivity index (χ4n) is 1.65. The van der Waals surface area contributed by atoms with E-state index in [0.29, 0.717) is 0 Å². The molecule has 0 radical (unpaired) electrons. The molecule has 90 valence electrons. The molecule has 3 nitrogen and oxygen atoms in total. The van der Waals surface area contributed by atoms with Gasteiger partial charge in [-0.1, -0.05) is 13.8 Å². The van der Waals surface area contributed by atoms with Crippen molar-refractivity contribution in [2.24, 2.45) is 0 Å². The smallest absolute Gasteiger partial charge is 0.146 e. The maximum Gasteiger partial charge on any atom is 0.146 e. The van der Waals surface area contributed by atoms with Crippen LogP contribution in [0.3, 0.4) is 0 Å². The first-order valence-electron chi connectivity index (χ1n) is 5.89. The maximum atomic E-state index is 11.1. The average Bonchev–Trinajstić information content (AvgIpc) is 2.20. The Morgan fingerprint density at radius 2 is 1.73 bits per heavy atom. The molecule has 1 atom stereocenters. The van der Waals surface area contributed by atoms with E-state index >= 15 is 0 Å². The molecular weight excluding hydrogens is 190 g/mol. The van der Waals surface area contributed by atoms with Gasteiger partial charge in [0.1, 0.15) is 5.78 Å². The lowest BCUT2D eigenvalue weighted by Gasteiger charge is -2.38. The fourth-order valence-corrected chi connectivity index (χ4v) is 1.65. The quantitative estimate of drug-likeness (QED) is 0.764. The molecule has 1 unspecified atom stereocenters. The first-order valence-corrected chi connectivity index (χ1v) is 5.89. The van der Waals surface area contributed by atoms with Crippen molar-refractivity contribution in [3.63, 3.8) is 0 Å². The van der Waals surface area contributed by atoms with Gasteiger partial charge >= 0.3 is 0 Å². The summed E-state index contributed by atoms with van der Waals surface area (Å²) in [5.74, 6) is 0.210. The van der Waals surface area contributed by atoms with Crippen molar-refractivity contribution in [3.05, 3.63) is 0 Å². The molecule has 1 N–H and O–H groups in total. The molecule has 0 aromatic heterocycles. The number of rotatable bonds is 2. The van der Waals surface area contributed by atoms with Crippen LogP contribution in [0.15, 0.2) is 0 Å². The van der Waals surface area contributed by atoms with Crippen LogP contribution in [-0.2, 0) is 4.79 Å². The van der Waals surface area contributed by atoms with Crippen molar-refractivity contribution >= 4 is 5.78 Å². The molecule has 1 aliphatic rings. The highest BCUT2D eigenvalue weighted by Gasteiger charge is 2.30. The van der Waals surface area contributed by atoms with Gasteiger partial charge in [-0.15, -0.1) is 0 Å². The Kier molecular flexibility index (Phi) is 6.06. The third-order valence-electron chi connectivity index (χ3n) is 3.01. The maximum absolute atomic E-state index is 11.1. The average molecular weight is 215 g/mol. The van der Waals surface area contributed by atoms with Gasteiger partial charge in [-0.3, -0.25) is 9.69 Å². The van der Waals surface area contributed by atoms with E-state index in [0.717, 1.165) is 25.9 Å². The van der Waals surface area contributed by atoms with Gasteiger partial charge in [0.15, 0.2) is 0 Å². The van der Waals surface area contributed by atoms with E-state index in [2.05, 4.69) is 4.90 Å². The number of hydrogen-bond acceptors (Lipinski definition) is 3. The summed E-state index contributed by atoms with van der Waals surface area (Å²) in [5, 5.41) is 9.70. The Balaban J connectivity index is 0.000000921. The summed E-state index contributed by atoms with van der Waals surface area (Å²) in [6.45, 7) is 11.1. The normalized spacial score (nSPS) is 22.5. The third-order valence-corrected chi connectivity index (χ3v) is 3.01. The van der Waals surface area contributed by atoms with E-state index in [1.165, 1.54) is 0 Å². The van der Waals surface area contributed by atoms with Crippen molar-refractivity contribution < 1.29 is 9.90 Å². The Morgan fingerprint density at radius 1 is 1.33 bits per heavy atom. The summed E-state index contributed by atoms with van der Waals surface area (Å²) in [6.07, 6.45) is 1.54. The lowest BCUT2D eigenvalue weighted by molar-refractivity contribution is -0.123. The summed E-state index contributed by atoms with van der Waals surface area (Å²) >= 11 is 0. The predicted octanol–water partition coefficient (Wildman–Crippen LogP) is 1.84. The van der Waals surface area contributed by atoms with Crippen molar-refractivity contribution in [1.29, 1.82) is 0 Å². The highest BCUT2D eigenvalue weighted by molar-refractivity contribution is 5.80. The highest BCUT2D eigenvalue weighted by atomic mass is 16.3. The Morgan fingerprint density at radius 3 is 2.07 bits per heavy atom. The number of aliphatic hydroxyl groups is 1. The molecule has 1 heterocycles. The summed E-state index contributed by atoms with van der Waals surface area (Å²) in [5.41, 5.74) is -0.521. The largest absolute Gasteiger partial charge is 0.390 e. The van der Waals surface area contributed by atoms with Gasteiger partial charge < -0.3 is 5.11 Å². The molecule has 0 spiro atoms. The summed E-state index contributed by atoms with van der Waals surface area (Å²) in [6, 6.07) is 0.0103.